The van der Waals surface area contributed by atoms with Crippen LogP contribution in [-0.4, -0.2) is 44.1 Å². The van der Waals surface area contributed by atoms with E-state index >= 15 is 0 Å². The Morgan fingerprint density at radius 1 is 1.27 bits per heavy atom. The molecule has 0 spiro atoms. The van der Waals surface area contributed by atoms with Gasteiger partial charge in [0.15, 0.2) is 11.1 Å². The number of aromatic hydroxyl groups is 1. The summed E-state index contributed by atoms with van der Waals surface area (Å²) in [4.78, 5) is 25.6. The zero-order chi connectivity index (χ0) is 23.2. The molecule has 0 radical (unpaired) electrons. The first-order valence-corrected chi connectivity index (χ1v) is 11.6. The molecule has 12 nitrogen and oxygen atoms in total. The average molecular weight is 468 g/mol. The minimum absolute atomic E-state index is 0.0433. The molecule has 0 aliphatic heterocycles. The summed E-state index contributed by atoms with van der Waals surface area (Å²) in [5, 5.41) is 23.2. The first-order chi connectivity index (χ1) is 15.8. The van der Waals surface area contributed by atoms with E-state index in [0.717, 1.165) is 18.4 Å². The predicted molar refractivity (Wildman–Crippen MR) is 119 cm³/mol. The smallest absolute Gasteiger partial charge is 0.326 e. The lowest BCUT2D eigenvalue weighted by Crippen LogP contribution is -2.20. The number of aromatic amines is 2. The minimum Gasteiger partial charge on any atom is -0.493 e. The van der Waals surface area contributed by atoms with Crippen molar-refractivity contribution in [3.63, 3.8) is 0 Å². The molecule has 0 atom stereocenters. The van der Waals surface area contributed by atoms with Gasteiger partial charge in [0.2, 0.25) is 15.9 Å². The summed E-state index contributed by atoms with van der Waals surface area (Å²) in [5.74, 6) is 0.263. The molecule has 170 valence electrons. The van der Waals surface area contributed by atoms with Crippen LogP contribution in [0.4, 0.5) is 5.82 Å². The molecule has 4 aromatic rings. The third kappa shape index (κ3) is 4.49. The lowest BCUT2D eigenvalue weighted by Gasteiger charge is -2.07. The Morgan fingerprint density at radius 2 is 2.03 bits per heavy atom. The summed E-state index contributed by atoms with van der Waals surface area (Å²) in [6.07, 6.45) is 5.18. The Balaban J connectivity index is 1.52. The van der Waals surface area contributed by atoms with Crippen LogP contribution >= 0.6 is 0 Å². The van der Waals surface area contributed by atoms with E-state index in [9.17, 15) is 18.3 Å². The number of primary sulfonamides is 1. The van der Waals surface area contributed by atoms with Crippen molar-refractivity contribution in [2.24, 2.45) is 10.1 Å². The van der Waals surface area contributed by atoms with Gasteiger partial charge in [0.05, 0.1) is 17.1 Å². The number of sulfonamides is 1. The maximum absolute atomic E-state index is 11.4. The Hall–Kier alpha value is -3.97. The molecule has 0 amide bonds. The van der Waals surface area contributed by atoms with Crippen molar-refractivity contribution in [1.29, 1.82) is 0 Å². The zero-order valence-corrected chi connectivity index (χ0v) is 18.0. The van der Waals surface area contributed by atoms with Crippen molar-refractivity contribution in [2.75, 3.05) is 5.32 Å². The van der Waals surface area contributed by atoms with Gasteiger partial charge in [-0.2, -0.15) is 9.61 Å². The van der Waals surface area contributed by atoms with Crippen molar-refractivity contribution in [3.05, 3.63) is 69.0 Å². The molecular formula is C20H20N8O4S. The number of imidazole rings is 1. The normalized spacial score (nSPS) is 15.4. The van der Waals surface area contributed by atoms with Gasteiger partial charge in [0.25, 0.3) is 0 Å². The fourth-order valence-electron chi connectivity index (χ4n) is 3.28. The number of hydrogen-bond acceptors (Lipinski definition) is 8. The second kappa shape index (κ2) is 7.86. The van der Waals surface area contributed by atoms with Crippen molar-refractivity contribution < 1.29 is 13.5 Å². The highest BCUT2D eigenvalue weighted by Crippen LogP contribution is 2.22. The van der Waals surface area contributed by atoms with Gasteiger partial charge in [0, 0.05) is 17.8 Å². The Labute approximate surface area is 186 Å². The maximum atomic E-state index is 11.4. The largest absolute Gasteiger partial charge is 0.493 e. The van der Waals surface area contributed by atoms with Crippen LogP contribution in [-0.2, 0) is 16.6 Å². The lowest BCUT2D eigenvalue weighted by molar-refractivity contribution is 0.454. The number of nitrogens with two attached hydrogens (primary N) is 1. The Kier molecular flexibility index (Phi) is 4.98. The fourth-order valence-corrected chi connectivity index (χ4v) is 3.79. The van der Waals surface area contributed by atoms with Crippen molar-refractivity contribution in [3.8, 4) is 5.88 Å². The van der Waals surface area contributed by atoms with Gasteiger partial charge in [-0.15, -0.1) is 0 Å². The number of nitrogens with one attached hydrogen (secondary N) is 3. The number of nitrogens with zero attached hydrogens (tertiary/aromatic N) is 4. The van der Waals surface area contributed by atoms with Crippen LogP contribution in [0.25, 0.3) is 11.7 Å². The van der Waals surface area contributed by atoms with E-state index in [1.165, 1.54) is 12.1 Å². The van der Waals surface area contributed by atoms with Gasteiger partial charge in [0.1, 0.15) is 11.5 Å². The molecule has 3 heterocycles. The topological polar surface area (TPSA) is 184 Å². The van der Waals surface area contributed by atoms with Gasteiger partial charge >= 0.3 is 5.69 Å². The SMILES string of the molecule is NS(=O)(=O)c1ccc(CNc2cc(=NC3CC3)n3nc/c(=C/c4[nH]c(=O)[nH]c4O)c3n2)cc1. The zero-order valence-electron chi connectivity index (χ0n) is 17.2. The molecule has 13 heteroatoms. The molecule has 33 heavy (non-hydrogen) atoms. The Bertz CT molecular complexity index is 1630. The monoisotopic (exact) mass is 468 g/mol. The van der Waals surface area contributed by atoms with Gasteiger partial charge < -0.3 is 15.4 Å². The number of hydrogen-bond donors (Lipinski definition) is 5. The summed E-state index contributed by atoms with van der Waals surface area (Å²) >= 11 is 0. The first-order valence-electron chi connectivity index (χ1n) is 10.1. The van der Waals surface area contributed by atoms with E-state index < -0.39 is 15.7 Å². The van der Waals surface area contributed by atoms with Crippen LogP contribution in [0.5, 0.6) is 5.88 Å². The molecular weight excluding hydrogens is 448 g/mol. The molecule has 3 aromatic heterocycles. The van der Waals surface area contributed by atoms with E-state index in [0.29, 0.717) is 28.7 Å². The first kappa shape index (κ1) is 20.9. The molecule has 0 saturated heterocycles. The van der Waals surface area contributed by atoms with Crippen molar-refractivity contribution in [2.45, 2.75) is 30.3 Å². The van der Waals surface area contributed by atoms with Crippen LogP contribution in [0.2, 0.25) is 0 Å². The van der Waals surface area contributed by atoms with Gasteiger partial charge in [-0.1, -0.05) is 12.1 Å². The van der Waals surface area contributed by atoms with Gasteiger partial charge in [-0.25, -0.2) is 23.3 Å². The quantitative estimate of drug-likeness (QED) is 0.248. The van der Waals surface area contributed by atoms with Crippen LogP contribution in [0.15, 0.2) is 51.2 Å². The molecule has 1 aromatic carbocycles. The molecule has 0 unspecified atom stereocenters. The summed E-state index contributed by atoms with van der Waals surface area (Å²) in [7, 11) is -3.75. The maximum Gasteiger partial charge on any atom is 0.326 e. The summed E-state index contributed by atoms with van der Waals surface area (Å²) in [5.41, 5.74) is 1.64. The summed E-state index contributed by atoms with van der Waals surface area (Å²) in [6.45, 7) is 0.385. The highest BCUT2D eigenvalue weighted by atomic mass is 32.2. The third-order valence-corrected chi connectivity index (χ3v) is 6.03. The second-order valence-electron chi connectivity index (χ2n) is 7.72. The van der Waals surface area contributed by atoms with Gasteiger partial charge in [-0.05, 0) is 36.6 Å². The number of benzene rings is 1. The number of rotatable bonds is 6. The molecule has 6 N–H and O–H groups in total. The standard InChI is InChI=1S/C20H20N8O4S/c21-33(31,32)14-5-1-11(2-6-14)9-22-16-8-17(24-13-3-4-13)28-18(26-16)12(10-23-28)7-15-19(29)27-20(30)25-15/h1-2,5-8,10,13,22,29H,3-4,9H2,(H2,21,31,32)(H2,25,27,30)/b12-7-,24-17?. The molecule has 1 aliphatic carbocycles. The predicted octanol–water partition coefficient (Wildman–Crippen LogP) is -0.678. The van der Waals surface area contributed by atoms with E-state index in [-0.39, 0.29) is 22.5 Å². The van der Waals surface area contributed by atoms with Crippen LogP contribution in [0, 0.1) is 0 Å². The molecule has 0 bridgehead atoms. The van der Waals surface area contributed by atoms with E-state index in [1.807, 2.05) is 0 Å². The number of H-pyrrole nitrogens is 2. The third-order valence-electron chi connectivity index (χ3n) is 5.10. The number of aromatic nitrogens is 5. The van der Waals surface area contributed by atoms with Gasteiger partial charge in [-0.3, -0.25) is 9.98 Å². The minimum atomic E-state index is -3.75. The molecule has 1 fully saturated rings. The molecule has 1 aliphatic rings. The lowest BCUT2D eigenvalue weighted by atomic mass is 10.2. The van der Waals surface area contributed by atoms with Crippen LogP contribution < -0.4 is 26.9 Å². The molecule has 1 saturated carbocycles. The molecule has 5 rings (SSSR count). The van der Waals surface area contributed by atoms with Crippen molar-refractivity contribution >= 4 is 27.6 Å². The summed E-state index contributed by atoms with van der Waals surface area (Å²) < 4.78 is 24.5. The van der Waals surface area contributed by atoms with Crippen LogP contribution in [0.1, 0.15) is 24.1 Å². The van der Waals surface area contributed by atoms with E-state index in [2.05, 4.69) is 25.4 Å². The number of fused-ring (bicyclic) bond motifs is 1. The number of anilines is 1. The second-order valence-corrected chi connectivity index (χ2v) is 9.28. The van der Waals surface area contributed by atoms with E-state index in [1.54, 1.807) is 35.0 Å². The average Bonchev–Trinajstić information content (AvgIpc) is 3.40. The van der Waals surface area contributed by atoms with E-state index in [4.69, 9.17) is 10.1 Å². The Morgan fingerprint density at radius 3 is 2.67 bits per heavy atom. The van der Waals surface area contributed by atoms with Crippen molar-refractivity contribution in [1.82, 2.24) is 24.6 Å². The summed E-state index contributed by atoms with van der Waals surface area (Å²) in [6, 6.07) is 8.27. The fraction of sp³-hybridized carbons (Fsp3) is 0.200. The highest BCUT2D eigenvalue weighted by molar-refractivity contribution is 7.89. The van der Waals surface area contributed by atoms with Crippen LogP contribution in [0.3, 0.4) is 0 Å². The highest BCUT2D eigenvalue weighted by Gasteiger charge is 2.20.